The fourth-order valence-corrected chi connectivity index (χ4v) is 5.68. The number of nitrogens with one attached hydrogen (secondary N) is 2. The van der Waals surface area contributed by atoms with Gasteiger partial charge in [-0.1, -0.05) is 19.1 Å². The number of benzene rings is 1. The number of hydrogen-bond acceptors (Lipinski definition) is 6. The lowest BCUT2D eigenvalue weighted by Crippen LogP contribution is -2.41. The van der Waals surface area contributed by atoms with Crippen LogP contribution in [-0.2, 0) is 16.2 Å². The SMILES string of the molecule is C[C@@H]1CN(c2nc(-c3cccc(C(F)(F)F)c3)ccc2C(=O)NS(=O)(=O)c2ccc[nH]c2=O)C(C)(C)C1. The first-order valence-corrected chi connectivity index (χ1v) is 12.9. The predicted molar refractivity (Wildman–Crippen MR) is 132 cm³/mol. The molecule has 1 aromatic carbocycles. The fourth-order valence-electron chi connectivity index (χ4n) is 4.66. The summed E-state index contributed by atoms with van der Waals surface area (Å²) in [4.78, 5) is 33.2. The molecule has 1 amide bonds. The molecule has 37 heavy (non-hydrogen) atoms. The number of halogens is 3. The molecule has 2 aromatic heterocycles. The Morgan fingerprint density at radius 1 is 1.16 bits per heavy atom. The largest absolute Gasteiger partial charge is 0.416 e. The number of carbonyl (C=O) groups is 1. The van der Waals surface area contributed by atoms with Crippen LogP contribution in [0.2, 0.25) is 0 Å². The maximum atomic E-state index is 13.3. The molecule has 1 fully saturated rings. The lowest BCUT2D eigenvalue weighted by molar-refractivity contribution is -0.137. The van der Waals surface area contributed by atoms with E-state index in [0.717, 1.165) is 24.6 Å². The van der Waals surface area contributed by atoms with Gasteiger partial charge in [-0.2, -0.15) is 13.2 Å². The summed E-state index contributed by atoms with van der Waals surface area (Å²) >= 11 is 0. The number of alkyl halides is 3. The average molecular weight is 535 g/mol. The summed E-state index contributed by atoms with van der Waals surface area (Å²) in [5.74, 6) is -0.660. The summed E-state index contributed by atoms with van der Waals surface area (Å²) in [5.41, 5.74) is -1.91. The Balaban J connectivity index is 1.81. The first kappa shape index (κ1) is 26.4. The molecule has 196 valence electrons. The summed E-state index contributed by atoms with van der Waals surface area (Å²) in [6.07, 6.45) is -2.54. The van der Waals surface area contributed by atoms with Gasteiger partial charge in [-0.3, -0.25) is 9.59 Å². The lowest BCUT2D eigenvalue weighted by Gasteiger charge is -2.34. The molecule has 3 aromatic rings. The van der Waals surface area contributed by atoms with E-state index in [1.165, 1.54) is 36.5 Å². The van der Waals surface area contributed by atoms with Crippen LogP contribution in [0.4, 0.5) is 19.0 Å². The van der Waals surface area contributed by atoms with E-state index in [1.54, 1.807) is 0 Å². The molecule has 3 heterocycles. The molecule has 8 nitrogen and oxygen atoms in total. The van der Waals surface area contributed by atoms with Crippen molar-refractivity contribution in [2.24, 2.45) is 5.92 Å². The van der Waals surface area contributed by atoms with Crippen LogP contribution in [-0.4, -0.2) is 36.4 Å². The molecular weight excluding hydrogens is 509 g/mol. The zero-order valence-electron chi connectivity index (χ0n) is 20.3. The van der Waals surface area contributed by atoms with Crippen molar-refractivity contribution >= 4 is 21.7 Å². The Bertz CT molecular complexity index is 1520. The maximum Gasteiger partial charge on any atom is 0.416 e. The summed E-state index contributed by atoms with van der Waals surface area (Å²) in [6, 6.07) is 9.74. The van der Waals surface area contributed by atoms with Gasteiger partial charge in [-0.25, -0.2) is 18.1 Å². The Morgan fingerprint density at radius 3 is 2.51 bits per heavy atom. The van der Waals surface area contributed by atoms with Crippen LogP contribution in [0.15, 0.2) is 64.4 Å². The average Bonchev–Trinajstić information content (AvgIpc) is 3.09. The first-order chi connectivity index (χ1) is 17.2. The maximum absolute atomic E-state index is 13.3. The minimum atomic E-state index is -4.55. The van der Waals surface area contributed by atoms with Crippen molar-refractivity contribution in [3.05, 3.63) is 76.2 Å². The molecule has 1 atom stereocenters. The molecule has 1 saturated heterocycles. The Kier molecular flexibility index (Phi) is 6.65. The highest BCUT2D eigenvalue weighted by Gasteiger charge is 2.39. The Hall–Kier alpha value is -3.67. The van der Waals surface area contributed by atoms with Crippen LogP contribution in [0.1, 0.15) is 43.1 Å². The Morgan fingerprint density at radius 2 is 1.89 bits per heavy atom. The van der Waals surface area contributed by atoms with Crippen molar-refractivity contribution in [1.29, 1.82) is 0 Å². The molecule has 0 aliphatic carbocycles. The van der Waals surface area contributed by atoms with Crippen molar-refractivity contribution in [2.45, 2.75) is 43.8 Å². The van der Waals surface area contributed by atoms with Crippen molar-refractivity contribution in [3.63, 3.8) is 0 Å². The van der Waals surface area contributed by atoms with E-state index < -0.39 is 43.7 Å². The third-order valence-corrected chi connectivity index (χ3v) is 7.59. The van der Waals surface area contributed by atoms with E-state index in [4.69, 9.17) is 0 Å². The standard InChI is InChI=1S/C25H25F3N4O4S/c1-15-13-24(2,3)32(14-15)21-18(22(33)31-37(35,36)20-8-5-11-29-23(20)34)9-10-19(30-21)16-6-4-7-17(12-16)25(26,27)28/h4-12,15H,13-14H2,1-3H3,(H,29,34)(H,31,33)/t15-/m0/s1. The summed E-state index contributed by atoms with van der Waals surface area (Å²) in [7, 11) is -4.52. The van der Waals surface area contributed by atoms with Crippen molar-refractivity contribution < 1.29 is 26.4 Å². The molecule has 0 saturated carbocycles. The van der Waals surface area contributed by atoms with Gasteiger partial charge in [-0.15, -0.1) is 0 Å². The Labute approximate surface area is 211 Å². The van der Waals surface area contributed by atoms with Gasteiger partial charge in [0, 0.05) is 23.8 Å². The molecule has 0 unspecified atom stereocenters. The molecule has 0 radical (unpaired) electrons. The first-order valence-electron chi connectivity index (χ1n) is 11.4. The van der Waals surface area contributed by atoms with Crippen molar-refractivity contribution in [2.75, 3.05) is 11.4 Å². The molecular formula is C25H25F3N4O4S. The second-order valence-electron chi connectivity index (χ2n) is 9.68. The number of hydrogen-bond donors (Lipinski definition) is 2. The van der Waals surface area contributed by atoms with Gasteiger partial charge in [0.2, 0.25) is 0 Å². The number of aromatic amines is 1. The minimum absolute atomic E-state index is 0.0890. The van der Waals surface area contributed by atoms with Crippen LogP contribution >= 0.6 is 0 Å². The quantitative estimate of drug-likeness (QED) is 0.508. The van der Waals surface area contributed by atoms with E-state index in [0.29, 0.717) is 6.54 Å². The van der Waals surface area contributed by atoms with Crippen LogP contribution in [0.5, 0.6) is 0 Å². The fraction of sp³-hybridized carbons (Fsp3) is 0.320. The van der Waals surface area contributed by atoms with Gasteiger partial charge in [0.15, 0.2) is 4.90 Å². The van der Waals surface area contributed by atoms with Crippen molar-refractivity contribution in [3.8, 4) is 11.3 Å². The van der Waals surface area contributed by atoms with Crippen LogP contribution in [0.25, 0.3) is 11.3 Å². The second-order valence-corrected chi connectivity index (χ2v) is 11.3. The highest BCUT2D eigenvalue weighted by atomic mass is 32.2. The number of pyridine rings is 2. The summed E-state index contributed by atoms with van der Waals surface area (Å²) in [5, 5.41) is 0. The third-order valence-electron chi connectivity index (χ3n) is 6.23. The monoisotopic (exact) mass is 534 g/mol. The summed E-state index contributed by atoms with van der Waals surface area (Å²) < 4.78 is 67.3. The molecule has 0 bridgehead atoms. The van der Waals surface area contributed by atoms with Crippen LogP contribution < -0.4 is 15.2 Å². The number of sulfonamides is 1. The second kappa shape index (κ2) is 9.33. The highest BCUT2D eigenvalue weighted by Crippen LogP contribution is 2.39. The zero-order chi connectivity index (χ0) is 27.2. The smallest absolute Gasteiger partial charge is 0.351 e. The van der Waals surface area contributed by atoms with Gasteiger partial charge in [0.25, 0.3) is 21.5 Å². The van der Waals surface area contributed by atoms with Gasteiger partial charge < -0.3 is 9.88 Å². The van der Waals surface area contributed by atoms with E-state index in [2.05, 4.69) is 9.97 Å². The van der Waals surface area contributed by atoms with Crippen LogP contribution in [0.3, 0.4) is 0 Å². The number of aromatic nitrogens is 2. The molecule has 1 aliphatic rings. The molecule has 4 rings (SSSR count). The molecule has 12 heteroatoms. The van der Waals surface area contributed by atoms with Gasteiger partial charge >= 0.3 is 6.18 Å². The topological polar surface area (TPSA) is 112 Å². The molecule has 0 spiro atoms. The lowest BCUT2D eigenvalue weighted by atomic mass is 9.97. The van der Waals surface area contributed by atoms with E-state index in [9.17, 15) is 31.2 Å². The molecule has 2 N–H and O–H groups in total. The molecule has 1 aliphatic heterocycles. The van der Waals surface area contributed by atoms with Gasteiger partial charge in [0.05, 0.1) is 16.8 Å². The van der Waals surface area contributed by atoms with Gasteiger partial charge in [-0.05, 0) is 62.6 Å². The summed E-state index contributed by atoms with van der Waals surface area (Å²) in [6.45, 7) is 6.40. The van der Waals surface area contributed by atoms with E-state index in [-0.39, 0.29) is 28.6 Å². The number of rotatable bonds is 5. The number of carbonyl (C=O) groups excluding carboxylic acids is 1. The zero-order valence-corrected chi connectivity index (χ0v) is 21.1. The van der Waals surface area contributed by atoms with E-state index in [1.807, 2.05) is 30.4 Å². The van der Waals surface area contributed by atoms with Crippen LogP contribution in [0, 0.1) is 5.92 Å². The highest BCUT2D eigenvalue weighted by molar-refractivity contribution is 7.90. The third kappa shape index (κ3) is 5.38. The predicted octanol–water partition coefficient (Wildman–Crippen LogP) is 4.20. The number of amides is 1. The van der Waals surface area contributed by atoms with Crippen molar-refractivity contribution in [1.82, 2.24) is 14.7 Å². The number of anilines is 1. The normalized spacial score (nSPS) is 17.6. The van der Waals surface area contributed by atoms with E-state index >= 15 is 0 Å². The number of nitrogens with zero attached hydrogens (tertiary/aromatic N) is 2. The van der Waals surface area contributed by atoms with Gasteiger partial charge in [0.1, 0.15) is 5.82 Å². The number of H-pyrrole nitrogens is 1. The minimum Gasteiger partial charge on any atom is -0.351 e.